The van der Waals surface area contributed by atoms with Crippen molar-refractivity contribution in [1.29, 1.82) is 0 Å². The maximum Gasteiger partial charge on any atom is 0.337 e. The summed E-state index contributed by atoms with van der Waals surface area (Å²) in [4.78, 5) is 26.2. The molecule has 1 aromatic heterocycles. The van der Waals surface area contributed by atoms with Crippen LogP contribution in [-0.2, 0) is 16.1 Å². The molecule has 0 unspecified atom stereocenters. The van der Waals surface area contributed by atoms with Crippen molar-refractivity contribution in [2.24, 2.45) is 0 Å². The van der Waals surface area contributed by atoms with Gasteiger partial charge in [0.15, 0.2) is 0 Å². The molecule has 2 heterocycles. The number of carbonyl (C=O) groups excluding carboxylic acids is 2. The van der Waals surface area contributed by atoms with Gasteiger partial charge in [0.25, 0.3) is 0 Å². The molecule has 1 aromatic rings. The maximum absolute atomic E-state index is 12.3. The van der Waals surface area contributed by atoms with Crippen LogP contribution in [0.1, 0.15) is 25.8 Å². The number of urea groups is 1. The van der Waals surface area contributed by atoms with E-state index in [1.807, 2.05) is 19.4 Å². The quantitative estimate of drug-likeness (QED) is 0.748. The van der Waals surface area contributed by atoms with E-state index in [2.05, 4.69) is 27.0 Å². The molecule has 0 bridgehead atoms. The molecular weight excluding hydrogens is 314 g/mol. The Morgan fingerprint density at radius 3 is 2.78 bits per heavy atom. The molecule has 0 saturated heterocycles. The first-order valence-corrected chi connectivity index (χ1v) is 8.66. The number of hydrogen-bond donors (Lipinski definition) is 2. The smallest absolute Gasteiger partial charge is 0.337 e. The highest BCUT2D eigenvalue weighted by atomic mass is 32.1. The number of nitrogens with one attached hydrogen (secondary N) is 2. The molecular formula is C16H23N3O3S. The van der Waals surface area contributed by atoms with Crippen molar-refractivity contribution in [1.82, 2.24) is 15.5 Å². The first-order valence-electron chi connectivity index (χ1n) is 7.72. The number of carbonyl (C=O) groups is 2. The summed E-state index contributed by atoms with van der Waals surface area (Å²) in [5.74, 6) is -0.370. The Morgan fingerprint density at radius 1 is 1.39 bits per heavy atom. The van der Waals surface area contributed by atoms with Gasteiger partial charge >= 0.3 is 12.0 Å². The molecule has 0 radical (unpaired) electrons. The van der Waals surface area contributed by atoms with Gasteiger partial charge in [0.05, 0.1) is 18.2 Å². The average Bonchev–Trinajstić information content (AvgIpc) is 2.99. The minimum Gasteiger partial charge on any atom is -0.463 e. The second kappa shape index (κ2) is 8.12. The van der Waals surface area contributed by atoms with E-state index in [0.29, 0.717) is 30.8 Å². The normalized spacial score (nSPS) is 17.9. The van der Waals surface area contributed by atoms with Crippen LogP contribution in [0, 0.1) is 0 Å². The van der Waals surface area contributed by atoms with Gasteiger partial charge in [-0.2, -0.15) is 11.3 Å². The molecule has 7 heteroatoms. The van der Waals surface area contributed by atoms with Crippen LogP contribution >= 0.6 is 11.3 Å². The maximum atomic E-state index is 12.3. The van der Waals surface area contributed by atoms with Crippen LogP contribution in [0.5, 0.6) is 0 Å². The highest BCUT2D eigenvalue weighted by Gasteiger charge is 2.31. The van der Waals surface area contributed by atoms with Gasteiger partial charge in [-0.15, -0.1) is 0 Å². The van der Waals surface area contributed by atoms with E-state index in [0.717, 1.165) is 6.54 Å². The minimum atomic E-state index is -0.370. The summed E-state index contributed by atoms with van der Waals surface area (Å²) >= 11 is 1.65. The van der Waals surface area contributed by atoms with Crippen LogP contribution in [0.3, 0.4) is 0 Å². The number of likely N-dealkylation sites (N-methyl/N-ethyl adjacent to an activating group) is 1. The topological polar surface area (TPSA) is 70.7 Å². The van der Waals surface area contributed by atoms with Crippen molar-refractivity contribution in [3.63, 3.8) is 0 Å². The monoisotopic (exact) mass is 337 g/mol. The Balaban J connectivity index is 2.20. The lowest BCUT2D eigenvalue weighted by molar-refractivity contribution is -0.139. The Bertz CT molecular complexity index is 583. The second-order valence-electron chi connectivity index (χ2n) is 5.48. The lowest BCUT2D eigenvalue weighted by Crippen LogP contribution is -2.51. The van der Waals surface area contributed by atoms with Crippen molar-refractivity contribution in [2.45, 2.75) is 32.9 Å². The first kappa shape index (κ1) is 17.5. The lowest BCUT2D eigenvalue weighted by atomic mass is 10.00. The largest absolute Gasteiger partial charge is 0.463 e. The number of thiophene rings is 1. The van der Waals surface area contributed by atoms with Gasteiger partial charge in [-0.1, -0.05) is 6.92 Å². The summed E-state index contributed by atoms with van der Waals surface area (Å²) in [6, 6.07) is 1.48. The molecule has 0 spiro atoms. The van der Waals surface area contributed by atoms with Crippen molar-refractivity contribution >= 4 is 23.3 Å². The molecule has 2 rings (SSSR count). The van der Waals surface area contributed by atoms with Crippen LogP contribution in [0.15, 0.2) is 28.1 Å². The van der Waals surface area contributed by atoms with Crippen LogP contribution in [0.25, 0.3) is 0 Å². The molecule has 126 valence electrons. The third-order valence-corrected chi connectivity index (χ3v) is 4.34. The second-order valence-corrected chi connectivity index (χ2v) is 6.26. The van der Waals surface area contributed by atoms with E-state index in [-0.39, 0.29) is 18.0 Å². The summed E-state index contributed by atoms with van der Waals surface area (Å²) in [5, 5.41) is 9.67. The molecule has 2 amide bonds. The Kier molecular flexibility index (Phi) is 6.18. The number of hydrogen-bond acceptors (Lipinski definition) is 5. The zero-order chi connectivity index (χ0) is 16.8. The lowest BCUT2D eigenvalue weighted by Gasteiger charge is -2.30. The fraction of sp³-hybridized carbons (Fsp3) is 0.500. The average molecular weight is 337 g/mol. The highest BCUT2D eigenvalue weighted by Crippen LogP contribution is 2.18. The third-order valence-electron chi connectivity index (χ3n) is 3.61. The van der Waals surface area contributed by atoms with Crippen molar-refractivity contribution in [3.8, 4) is 0 Å². The molecule has 0 aliphatic carbocycles. The minimum absolute atomic E-state index is 0.274. The van der Waals surface area contributed by atoms with Crippen LogP contribution in [0.2, 0.25) is 0 Å². The summed E-state index contributed by atoms with van der Waals surface area (Å²) < 4.78 is 5.16. The predicted molar refractivity (Wildman–Crippen MR) is 90.1 cm³/mol. The summed E-state index contributed by atoms with van der Waals surface area (Å²) in [5.41, 5.74) is 2.35. The molecule has 23 heavy (non-hydrogen) atoms. The van der Waals surface area contributed by atoms with Crippen molar-refractivity contribution in [3.05, 3.63) is 33.7 Å². The van der Waals surface area contributed by atoms with Crippen molar-refractivity contribution in [2.75, 3.05) is 20.2 Å². The molecule has 1 aliphatic heterocycles. The number of rotatable bonds is 7. The molecule has 0 aromatic carbocycles. The van der Waals surface area contributed by atoms with Crippen LogP contribution in [-0.4, -0.2) is 43.1 Å². The highest BCUT2D eigenvalue weighted by molar-refractivity contribution is 7.07. The fourth-order valence-electron chi connectivity index (χ4n) is 2.61. The fourth-order valence-corrected chi connectivity index (χ4v) is 3.27. The number of amides is 2. The summed E-state index contributed by atoms with van der Waals surface area (Å²) in [6.45, 7) is 5.25. The summed E-state index contributed by atoms with van der Waals surface area (Å²) in [7, 11) is 1.96. The predicted octanol–water partition coefficient (Wildman–Crippen LogP) is 2.09. The van der Waals surface area contributed by atoms with Gasteiger partial charge in [-0.05, 0) is 42.8 Å². The zero-order valence-electron chi connectivity index (χ0n) is 13.7. The standard InChI is InChI=1S/C16H23N3O3S/c1-4-12-14(15(20)22-5-2)13(18-16(21)17-12)9-19(3)8-11-6-7-23-10-11/h6-7,10,12H,4-5,8-9H2,1-3H3,(H2,17,18,21)/t12-/m1/s1. The molecule has 0 fully saturated rings. The Labute approximate surface area is 140 Å². The van der Waals surface area contributed by atoms with E-state index < -0.39 is 0 Å². The van der Waals surface area contributed by atoms with Crippen LogP contribution in [0.4, 0.5) is 4.79 Å². The van der Waals surface area contributed by atoms with Gasteiger partial charge in [-0.25, -0.2) is 9.59 Å². The first-order chi connectivity index (χ1) is 11.0. The molecule has 1 atom stereocenters. The molecule has 1 aliphatic rings. The van der Waals surface area contributed by atoms with E-state index in [1.165, 1.54) is 5.56 Å². The number of ether oxygens (including phenoxy) is 1. The number of nitrogens with zero attached hydrogens (tertiary/aromatic N) is 1. The van der Waals surface area contributed by atoms with Gasteiger partial charge in [0.1, 0.15) is 0 Å². The Morgan fingerprint density at radius 2 is 2.17 bits per heavy atom. The van der Waals surface area contributed by atoms with E-state index in [9.17, 15) is 9.59 Å². The molecule has 6 nitrogen and oxygen atoms in total. The van der Waals surface area contributed by atoms with E-state index in [4.69, 9.17) is 4.74 Å². The van der Waals surface area contributed by atoms with Crippen molar-refractivity contribution < 1.29 is 14.3 Å². The molecule has 0 saturated carbocycles. The van der Waals surface area contributed by atoms with Gasteiger partial charge in [0.2, 0.25) is 0 Å². The van der Waals surface area contributed by atoms with E-state index in [1.54, 1.807) is 18.3 Å². The van der Waals surface area contributed by atoms with Gasteiger partial charge in [-0.3, -0.25) is 4.90 Å². The van der Waals surface area contributed by atoms with Gasteiger partial charge in [0, 0.05) is 18.8 Å². The van der Waals surface area contributed by atoms with Gasteiger partial charge < -0.3 is 15.4 Å². The zero-order valence-corrected chi connectivity index (χ0v) is 14.5. The SMILES string of the molecule is CCOC(=O)C1=C(CN(C)Cc2ccsc2)NC(=O)N[C@@H]1CC. The number of esters is 1. The van der Waals surface area contributed by atoms with Crippen LogP contribution < -0.4 is 10.6 Å². The summed E-state index contributed by atoms with van der Waals surface area (Å²) in [6.07, 6.45) is 0.638. The third kappa shape index (κ3) is 4.56. The molecule has 2 N–H and O–H groups in total. The van der Waals surface area contributed by atoms with E-state index >= 15 is 0 Å². The Hall–Kier alpha value is -1.86.